The zero-order valence-electron chi connectivity index (χ0n) is 11.5. The summed E-state index contributed by atoms with van der Waals surface area (Å²) in [5.41, 5.74) is 1.12. The fourth-order valence-corrected chi connectivity index (χ4v) is 1.94. The highest BCUT2D eigenvalue weighted by molar-refractivity contribution is 6.31. The number of amides is 2. The van der Waals surface area contributed by atoms with Crippen LogP contribution in [-0.2, 0) is 0 Å². The SMILES string of the molecule is CNC(=O)c1ccc(OC)c(NC(=O)c2cc(Cl)c[nH]2)c1. The minimum absolute atomic E-state index is 0.254. The second-order valence-electron chi connectivity index (χ2n) is 4.18. The maximum absolute atomic E-state index is 12.1. The molecule has 3 N–H and O–H groups in total. The number of methoxy groups -OCH3 is 1. The van der Waals surface area contributed by atoms with E-state index in [1.165, 1.54) is 26.4 Å². The van der Waals surface area contributed by atoms with Crippen LogP contribution in [0.4, 0.5) is 5.69 Å². The van der Waals surface area contributed by atoms with Crippen LogP contribution in [0.2, 0.25) is 5.02 Å². The van der Waals surface area contributed by atoms with Crippen molar-refractivity contribution in [3.63, 3.8) is 0 Å². The van der Waals surface area contributed by atoms with Crippen LogP contribution in [0.5, 0.6) is 5.75 Å². The van der Waals surface area contributed by atoms with E-state index in [2.05, 4.69) is 15.6 Å². The summed E-state index contributed by atoms with van der Waals surface area (Å²) in [6, 6.07) is 6.27. The normalized spacial score (nSPS) is 10.0. The summed E-state index contributed by atoms with van der Waals surface area (Å²) >= 11 is 5.76. The van der Waals surface area contributed by atoms with Gasteiger partial charge in [0.25, 0.3) is 11.8 Å². The summed E-state index contributed by atoms with van der Waals surface area (Å²) in [6.45, 7) is 0. The highest BCUT2D eigenvalue weighted by atomic mass is 35.5. The molecular weight excluding hydrogens is 294 g/mol. The second kappa shape index (κ2) is 6.32. The largest absolute Gasteiger partial charge is 0.495 e. The molecule has 2 aromatic rings. The Morgan fingerprint density at radius 3 is 2.57 bits per heavy atom. The van der Waals surface area contributed by atoms with Gasteiger partial charge in [-0.2, -0.15) is 0 Å². The minimum atomic E-state index is -0.380. The highest BCUT2D eigenvalue weighted by Crippen LogP contribution is 2.26. The van der Waals surface area contributed by atoms with Crippen molar-refractivity contribution in [2.24, 2.45) is 0 Å². The van der Waals surface area contributed by atoms with E-state index in [0.29, 0.717) is 27.7 Å². The number of benzene rings is 1. The summed E-state index contributed by atoms with van der Waals surface area (Å²) in [4.78, 5) is 26.5. The minimum Gasteiger partial charge on any atom is -0.495 e. The number of H-pyrrole nitrogens is 1. The van der Waals surface area contributed by atoms with Crippen molar-refractivity contribution in [2.75, 3.05) is 19.5 Å². The maximum atomic E-state index is 12.1. The lowest BCUT2D eigenvalue weighted by Gasteiger charge is -2.11. The molecule has 6 nitrogen and oxygen atoms in total. The number of halogens is 1. The van der Waals surface area contributed by atoms with E-state index in [0.717, 1.165) is 0 Å². The fraction of sp³-hybridized carbons (Fsp3) is 0.143. The Balaban J connectivity index is 2.29. The van der Waals surface area contributed by atoms with Gasteiger partial charge in [-0.1, -0.05) is 11.6 Å². The second-order valence-corrected chi connectivity index (χ2v) is 4.62. The summed E-state index contributed by atoms with van der Waals surface area (Å²) in [6.07, 6.45) is 1.51. The molecule has 0 spiro atoms. The molecule has 0 bridgehead atoms. The first-order valence-corrected chi connectivity index (χ1v) is 6.48. The van der Waals surface area contributed by atoms with Gasteiger partial charge in [0.15, 0.2) is 0 Å². The predicted molar refractivity (Wildman–Crippen MR) is 80.1 cm³/mol. The van der Waals surface area contributed by atoms with E-state index in [1.807, 2.05) is 0 Å². The summed E-state index contributed by atoms with van der Waals surface area (Å²) < 4.78 is 5.17. The van der Waals surface area contributed by atoms with Gasteiger partial charge in [-0.25, -0.2) is 0 Å². The van der Waals surface area contributed by atoms with E-state index in [9.17, 15) is 9.59 Å². The molecule has 110 valence electrons. The Labute approximate surface area is 126 Å². The molecule has 0 saturated heterocycles. The van der Waals surface area contributed by atoms with Crippen LogP contribution in [0.25, 0.3) is 0 Å². The molecule has 0 fully saturated rings. The Morgan fingerprint density at radius 1 is 1.24 bits per heavy atom. The molecule has 2 amide bonds. The lowest BCUT2D eigenvalue weighted by atomic mass is 10.1. The Hall–Kier alpha value is -2.47. The summed E-state index contributed by atoms with van der Waals surface area (Å²) in [5.74, 6) is -0.181. The van der Waals surface area contributed by atoms with Crippen LogP contribution in [0.3, 0.4) is 0 Å². The van der Waals surface area contributed by atoms with E-state index >= 15 is 0 Å². The van der Waals surface area contributed by atoms with E-state index in [4.69, 9.17) is 16.3 Å². The number of anilines is 1. The van der Waals surface area contributed by atoms with Gasteiger partial charge < -0.3 is 20.4 Å². The van der Waals surface area contributed by atoms with Gasteiger partial charge in [0, 0.05) is 18.8 Å². The standard InChI is InChI=1S/C14H14ClN3O3/c1-16-13(19)8-3-4-12(21-2)10(5-8)18-14(20)11-6-9(15)7-17-11/h3-7,17H,1-2H3,(H,16,19)(H,18,20). The summed E-state index contributed by atoms with van der Waals surface area (Å²) in [7, 11) is 3.02. The van der Waals surface area contributed by atoms with Crippen LogP contribution in [-0.4, -0.2) is 31.0 Å². The van der Waals surface area contributed by atoms with Crippen molar-refractivity contribution in [1.82, 2.24) is 10.3 Å². The number of ether oxygens (including phenoxy) is 1. The number of carbonyl (C=O) groups is 2. The topological polar surface area (TPSA) is 83.2 Å². The molecule has 1 aromatic heterocycles. The number of aromatic amines is 1. The van der Waals surface area contributed by atoms with Crippen LogP contribution in [0.15, 0.2) is 30.5 Å². The van der Waals surface area contributed by atoms with Gasteiger partial charge >= 0.3 is 0 Å². The third-order valence-electron chi connectivity index (χ3n) is 2.83. The van der Waals surface area contributed by atoms with Gasteiger partial charge in [-0.15, -0.1) is 0 Å². The molecule has 0 aliphatic heterocycles. The first kappa shape index (κ1) is 14.9. The average Bonchev–Trinajstić information content (AvgIpc) is 2.93. The van der Waals surface area contributed by atoms with Gasteiger partial charge in [0.2, 0.25) is 0 Å². The number of nitrogens with one attached hydrogen (secondary N) is 3. The molecular formula is C14H14ClN3O3. The predicted octanol–water partition coefficient (Wildman–Crippen LogP) is 2.29. The number of rotatable bonds is 4. The molecule has 0 aliphatic rings. The lowest BCUT2D eigenvalue weighted by molar-refractivity contribution is 0.0961. The fourth-order valence-electron chi connectivity index (χ4n) is 1.78. The zero-order valence-corrected chi connectivity index (χ0v) is 12.2. The third kappa shape index (κ3) is 3.35. The number of hydrogen-bond acceptors (Lipinski definition) is 3. The van der Waals surface area contributed by atoms with Crippen molar-refractivity contribution in [2.45, 2.75) is 0 Å². The van der Waals surface area contributed by atoms with Crippen molar-refractivity contribution in [3.05, 3.63) is 46.7 Å². The molecule has 0 aliphatic carbocycles. The van der Waals surface area contributed by atoms with Crippen LogP contribution >= 0.6 is 11.6 Å². The maximum Gasteiger partial charge on any atom is 0.272 e. The molecule has 1 aromatic carbocycles. The van der Waals surface area contributed by atoms with Crippen LogP contribution in [0, 0.1) is 0 Å². The number of carbonyl (C=O) groups excluding carboxylic acids is 2. The van der Waals surface area contributed by atoms with Crippen LogP contribution < -0.4 is 15.4 Å². The first-order valence-electron chi connectivity index (χ1n) is 6.10. The Morgan fingerprint density at radius 2 is 2.00 bits per heavy atom. The summed E-state index contributed by atoms with van der Waals surface area (Å²) in [5, 5.41) is 5.63. The Kier molecular flexibility index (Phi) is 4.49. The third-order valence-corrected chi connectivity index (χ3v) is 3.05. The van der Waals surface area contributed by atoms with Gasteiger partial charge in [-0.3, -0.25) is 9.59 Å². The molecule has 0 saturated carbocycles. The smallest absolute Gasteiger partial charge is 0.272 e. The van der Waals surface area contributed by atoms with Crippen molar-refractivity contribution >= 4 is 29.1 Å². The first-order chi connectivity index (χ1) is 10.0. The molecule has 1 heterocycles. The Bertz CT molecular complexity index is 682. The highest BCUT2D eigenvalue weighted by Gasteiger charge is 2.14. The molecule has 0 atom stereocenters. The van der Waals surface area contributed by atoms with Gasteiger partial charge in [0.1, 0.15) is 11.4 Å². The van der Waals surface area contributed by atoms with Crippen molar-refractivity contribution < 1.29 is 14.3 Å². The zero-order chi connectivity index (χ0) is 15.4. The van der Waals surface area contributed by atoms with Crippen molar-refractivity contribution in [1.29, 1.82) is 0 Å². The molecule has 0 unspecified atom stereocenters. The van der Waals surface area contributed by atoms with Crippen LogP contribution in [0.1, 0.15) is 20.8 Å². The molecule has 7 heteroatoms. The molecule has 0 radical (unpaired) electrons. The monoisotopic (exact) mass is 307 g/mol. The van der Waals surface area contributed by atoms with Crippen molar-refractivity contribution in [3.8, 4) is 5.75 Å². The number of aromatic nitrogens is 1. The quantitative estimate of drug-likeness (QED) is 0.810. The van der Waals surface area contributed by atoms with E-state index in [-0.39, 0.29) is 11.8 Å². The van der Waals surface area contributed by atoms with E-state index < -0.39 is 0 Å². The van der Waals surface area contributed by atoms with Gasteiger partial charge in [-0.05, 0) is 24.3 Å². The van der Waals surface area contributed by atoms with E-state index in [1.54, 1.807) is 18.2 Å². The number of hydrogen-bond donors (Lipinski definition) is 3. The van der Waals surface area contributed by atoms with Gasteiger partial charge in [0.05, 0.1) is 17.8 Å². The molecule has 2 rings (SSSR count). The average molecular weight is 308 g/mol. The lowest BCUT2D eigenvalue weighted by Crippen LogP contribution is -2.19. The molecule has 21 heavy (non-hydrogen) atoms.